The molecule has 1 aromatic heterocycles. The molecule has 0 fully saturated rings. The van der Waals surface area contributed by atoms with E-state index in [9.17, 15) is 18.4 Å². The topological polar surface area (TPSA) is 26.9 Å². The van der Waals surface area contributed by atoms with Crippen LogP contribution in [0.25, 0.3) is 0 Å². The van der Waals surface area contributed by atoms with E-state index in [1.165, 1.54) is 0 Å². The van der Waals surface area contributed by atoms with Gasteiger partial charge in [-0.3, -0.25) is 0 Å². The zero-order chi connectivity index (χ0) is 9.35. The predicted molar refractivity (Wildman–Crippen MR) is 34.3 cm³/mol. The number of halogens is 4. The van der Waals surface area contributed by atoms with E-state index in [0.29, 0.717) is 12.3 Å². The van der Waals surface area contributed by atoms with Crippen LogP contribution in [0.1, 0.15) is 5.56 Å². The molecule has 0 aliphatic carbocycles. The van der Waals surface area contributed by atoms with Gasteiger partial charge in [-0.1, -0.05) is 11.6 Å². The fourth-order valence-electron chi connectivity index (χ4n) is 0.625. The fraction of sp³-hybridized carbons (Fsp3) is 0.167. The predicted octanol–water partition coefficient (Wildman–Crippen LogP) is 1.79. The van der Waals surface area contributed by atoms with Crippen molar-refractivity contribution in [3.8, 4) is 0 Å². The summed E-state index contributed by atoms with van der Waals surface area (Å²) in [5.74, 6) is 0. The van der Waals surface area contributed by atoms with Crippen molar-refractivity contribution in [2.45, 2.75) is 6.18 Å². The highest BCUT2D eigenvalue weighted by atomic mass is 35.5. The maximum Gasteiger partial charge on any atom is 0.422 e. The Balaban J connectivity index is 3.18. The zero-order valence-corrected chi connectivity index (χ0v) is 6.28. The molecule has 2 nitrogen and oxygen atoms in total. The number of pyridine rings is 1. The van der Waals surface area contributed by atoms with E-state index in [0.717, 1.165) is 0 Å². The smallest absolute Gasteiger partial charge is 0.422 e. The third-order valence-electron chi connectivity index (χ3n) is 1.08. The number of hydrogen-bond acceptors (Lipinski definition) is 1. The molecular formula is C6H2ClF3NO. The summed E-state index contributed by atoms with van der Waals surface area (Å²) < 4.78 is 35.7. The molecule has 0 aliphatic heterocycles. The molecule has 6 heteroatoms. The lowest BCUT2D eigenvalue weighted by Crippen LogP contribution is -2.27. The second kappa shape index (κ2) is 2.82. The third kappa shape index (κ3) is 2.01. The van der Waals surface area contributed by atoms with E-state index in [4.69, 9.17) is 11.6 Å². The largest absolute Gasteiger partial charge is 0.618 e. The molecule has 0 spiro atoms. The molecule has 0 aromatic carbocycles. The van der Waals surface area contributed by atoms with Crippen molar-refractivity contribution in [3.63, 3.8) is 0 Å². The minimum Gasteiger partial charge on any atom is -0.618 e. The number of nitrogens with zero attached hydrogens (tertiary/aromatic N) is 1. The van der Waals surface area contributed by atoms with Crippen molar-refractivity contribution in [1.29, 1.82) is 0 Å². The monoisotopic (exact) mass is 196 g/mol. The normalized spacial score (nSPS) is 11.7. The van der Waals surface area contributed by atoms with Gasteiger partial charge in [0, 0.05) is 0 Å². The molecule has 0 unspecified atom stereocenters. The molecule has 12 heavy (non-hydrogen) atoms. The maximum absolute atomic E-state index is 11.9. The number of hydrogen-bond donors (Lipinski definition) is 0. The van der Waals surface area contributed by atoms with Gasteiger partial charge in [-0.05, 0) is 6.07 Å². The molecule has 0 bridgehead atoms. The van der Waals surface area contributed by atoms with Crippen LogP contribution in [0.15, 0.2) is 12.3 Å². The molecule has 1 radical (unpaired) electrons. The highest BCUT2D eigenvalue weighted by molar-refractivity contribution is 6.30. The van der Waals surface area contributed by atoms with Crippen LogP contribution in [0.5, 0.6) is 0 Å². The van der Waals surface area contributed by atoms with Gasteiger partial charge in [0.1, 0.15) is 10.6 Å². The van der Waals surface area contributed by atoms with Crippen molar-refractivity contribution in [3.05, 3.63) is 34.3 Å². The first kappa shape index (κ1) is 9.12. The summed E-state index contributed by atoms with van der Waals surface area (Å²) in [6.45, 7) is 0. The van der Waals surface area contributed by atoms with Crippen molar-refractivity contribution >= 4 is 11.6 Å². The molecule has 0 aliphatic rings. The Labute approximate surface area is 70.8 Å². The second-order valence-electron chi connectivity index (χ2n) is 2.01. The van der Waals surface area contributed by atoms with E-state index >= 15 is 0 Å². The van der Waals surface area contributed by atoms with Gasteiger partial charge < -0.3 is 5.21 Å². The van der Waals surface area contributed by atoms with Crippen LogP contribution in [-0.4, -0.2) is 0 Å². The van der Waals surface area contributed by atoms with E-state index < -0.39 is 11.7 Å². The standard InChI is InChI=1S/C6H2ClF3NO/c7-5-1-4(6(8,9)10)2-11(12)3-5/h1-2H. The van der Waals surface area contributed by atoms with Gasteiger partial charge in [-0.15, -0.1) is 0 Å². The summed E-state index contributed by atoms with van der Waals surface area (Å²) in [5.41, 5.74) is -1.08. The molecule has 0 N–H and O–H groups in total. The lowest BCUT2D eigenvalue weighted by molar-refractivity contribution is -0.611. The lowest BCUT2D eigenvalue weighted by atomic mass is 10.3. The first-order valence-corrected chi connectivity index (χ1v) is 3.16. The van der Waals surface area contributed by atoms with Crippen LogP contribution in [-0.2, 0) is 6.18 Å². The van der Waals surface area contributed by atoms with Crippen LogP contribution >= 0.6 is 11.6 Å². The molecule has 0 atom stereocenters. The summed E-state index contributed by atoms with van der Waals surface area (Å²) in [6, 6.07) is 0.635. The Kier molecular flexibility index (Phi) is 2.14. The molecule has 1 rings (SSSR count). The molecule has 0 saturated carbocycles. The Hall–Kier alpha value is -0.970. The van der Waals surface area contributed by atoms with Gasteiger partial charge in [0.15, 0.2) is 6.20 Å². The number of rotatable bonds is 0. The molecule has 0 amide bonds. The van der Waals surface area contributed by atoms with Crippen LogP contribution in [0.4, 0.5) is 13.2 Å². The van der Waals surface area contributed by atoms with Crippen molar-refractivity contribution in [2.75, 3.05) is 0 Å². The van der Waals surface area contributed by atoms with E-state index in [2.05, 4.69) is 0 Å². The Morgan fingerprint density at radius 2 is 2.08 bits per heavy atom. The van der Waals surface area contributed by atoms with Crippen molar-refractivity contribution in [2.24, 2.45) is 0 Å². The highest BCUT2D eigenvalue weighted by Gasteiger charge is 2.33. The average Bonchev–Trinajstić information content (AvgIpc) is 1.82. The molecule has 0 saturated heterocycles. The van der Waals surface area contributed by atoms with E-state index in [1.807, 2.05) is 6.20 Å². The van der Waals surface area contributed by atoms with Crippen molar-refractivity contribution in [1.82, 2.24) is 0 Å². The number of alkyl halides is 3. The van der Waals surface area contributed by atoms with Crippen LogP contribution in [0.2, 0.25) is 5.02 Å². The summed E-state index contributed by atoms with van der Waals surface area (Å²) in [7, 11) is 0. The molecule has 1 aromatic rings. The van der Waals surface area contributed by atoms with Gasteiger partial charge in [0.2, 0.25) is 0 Å². The quantitative estimate of drug-likeness (QED) is 0.459. The summed E-state index contributed by atoms with van der Waals surface area (Å²) in [6.07, 6.45) is -2.27. The summed E-state index contributed by atoms with van der Waals surface area (Å²) in [5, 5.41) is 10.1. The van der Waals surface area contributed by atoms with Gasteiger partial charge >= 0.3 is 12.4 Å². The van der Waals surface area contributed by atoms with E-state index in [-0.39, 0.29) is 9.75 Å². The van der Waals surface area contributed by atoms with Crippen molar-refractivity contribution < 1.29 is 17.9 Å². The summed E-state index contributed by atoms with van der Waals surface area (Å²) >= 11 is 5.18. The lowest BCUT2D eigenvalue weighted by Gasteiger charge is -2.04. The third-order valence-corrected chi connectivity index (χ3v) is 1.28. The molecule has 65 valence electrons. The van der Waals surface area contributed by atoms with Crippen LogP contribution in [0, 0.1) is 11.4 Å². The van der Waals surface area contributed by atoms with Gasteiger partial charge in [-0.2, -0.15) is 17.9 Å². The Morgan fingerprint density at radius 3 is 2.50 bits per heavy atom. The average molecular weight is 197 g/mol. The highest BCUT2D eigenvalue weighted by Crippen LogP contribution is 2.29. The SMILES string of the molecule is [O-][n+]1[c]c(Cl)cc(C(F)(F)F)c1. The maximum atomic E-state index is 11.9. The molecular weight excluding hydrogens is 195 g/mol. The minimum absolute atomic E-state index is 0.106. The molecule has 1 heterocycles. The fourth-order valence-corrected chi connectivity index (χ4v) is 0.826. The zero-order valence-electron chi connectivity index (χ0n) is 5.52. The first-order chi connectivity index (χ1) is 5.39. The Morgan fingerprint density at radius 1 is 1.50 bits per heavy atom. The van der Waals surface area contributed by atoms with E-state index in [1.54, 1.807) is 0 Å². The first-order valence-electron chi connectivity index (χ1n) is 2.79. The second-order valence-corrected chi connectivity index (χ2v) is 2.42. The number of aromatic nitrogens is 1. The Bertz CT molecular complexity index is 279. The summed E-state index contributed by atoms with van der Waals surface area (Å²) in [4.78, 5) is 0. The van der Waals surface area contributed by atoms with Gasteiger partial charge in [0.25, 0.3) is 0 Å². The van der Waals surface area contributed by atoms with Gasteiger partial charge in [0.05, 0.1) is 0 Å². The minimum atomic E-state index is -4.55. The van der Waals surface area contributed by atoms with Gasteiger partial charge in [-0.25, -0.2) is 0 Å². The van der Waals surface area contributed by atoms with Crippen LogP contribution < -0.4 is 4.73 Å². The van der Waals surface area contributed by atoms with Crippen LogP contribution in [0.3, 0.4) is 0 Å².